The van der Waals surface area contributed by atoms with Crippen molar-refractivity contribution in [3.63, 3.8) is 0 Å². The minimum atomic E-state index is -0.0226. The van der Waals surface area contributed by atoms with Crippen LogP contribution in [0.4, 0.5) is 0 Å². The van der Waals surface area contributed by atoms with Gasteiger partial charge in [-0.25, -0.2) is 0 Å². The van der Waals surface area contributed by atoms with Crippen LogP contribution in [0.1, 0.15) is 44.9 Å². The summed E-state index contributed by atoms with van der Waals surface area (Å²) >= 11 is 0. The number of aliphatic hydroxyl groups excluding tert-OH is 1. The largest absolute Gasteiger partial charge is 0.393 e. The third kappa shape index (κ3) is 2.84. The molecule has 13 heavy (non-hydrogen) atoms. The second-order valence-electron chi connectivity index (χ2n) is 4.63. The van der Waals surface area contributed by atoms with E-state index < -0.39 is 0 Å². The molecule has 0 radical (unpaired) electrons. The van der Waals surface area contributed by atoms with E-state index >= 15 is 0 Å². The lowest BCUT2D eigenvalue weighted by molar-refractivity contribution is 0.0899. The van der Waals surface area contributed by atoms with Gasteiger partial charge in [0.25, 0.3) is 0 Å². The molecule has 0 amide bonds. The number of aliphatic hydroxyl groups is 1. The van der Waals surface area contributed by atoms with Crippen molar-refractivity contribution in [1.29, 1.82) is 0 Å². The molecule has 2 aliphatic rings. The first-order valence-corrected chi connectivity index (χ1v) is 5.69. The number of allylic oxidation sites excluding steroid dienone is 2. The van der Waals surface area contributed by atoms with Crippen molar-refractivity contribution in [1.82, 2.24) is 0 Å². The van der Waals surface area contributed by atoms with Crippen LogP contribution in [0.25, 0.3) is 0 Å². The van der Waals surface area contributed by atoms with Gasteiger partial charge in [0.15, 0.2) is 0 Å². The first-order chi connectivity index (χ1) is 6.36. The lowest BCUT2D eigenvalue weighted by Gasteiger charge is -2.23. The number of hydrogen-bond acceptors (Lipinski definition) is 1. The minimum Gasteiger partial charge on any atom is -0.393 e. The summed E-state index contributed by atoms with van der Waals surface area (Å²) in [7, 11) is 0. The second kappa shape index (κ2) is 4.28. The van der Waals surface area contributed by atoms with Crippen LogP contribution in [-0.2, 0) is 0 Å². The van der Waals surface area contributed by atoms with Crippen molar-refractivity contribution in [2.45, 2.75) is 51.0 Å². The van der Waals surface area contributed by atoms with Gasteiger partial charge in [0.05, 0.1) is 6.10 Å². The second-order valence-corrected chi connectivity index (χ2v) is 4.63. The summed E-state index contributed by atoms with van der Waals surface area (Å²) in [5, 5.41) is 9.92. The third-order valence-corrected chi connectivity index (χ3v) is 3.42. The maximum absolute atomic E-state index is 9.92. The molecule has 2 aliphatic carbocycles. The highest BCUT2D eigenvalue weighted by Gasteiger charge is 2.25. The maximum atomic E-state index is 9.92. The van der Waals surface area contributed by atoms with E-state index in [1.165, 1.54) is 32.1 Å². The van der Waals surface area contributed by atoms with Gasteiger partial charge in [0.1, 0.15) is 0 Å². The molecule has 1 saturated carbocycles. The molecular formula is C12H20O. The zero-order chi connectivity index (χ0) is 9.10. The molecular weight excluding hydrogens is 160 g/mol. The number of rotatable bonds is 4. The Balaban J connectivity index is 1.68. The molecule has 0 aliphatic heterocycles. The summed E-state index contributed by atoms with van der Waals surface area (Å²) in [6, 6.07) is 0. The SMILES string of the molecule is OC(CCC1CC1)C1CC=CCC1. The first kappa shape index (κ1) is 9.26. The molecule has 2 atom stereocenters. The van der Waals surface area contributed by atoms with Gasteiger partial charge in [0, 0.05) is 0 Å². The summed E-state index contributed by atoms with van der Waals surface area (Å²) < 4.78 is 0. The standard InChI is InChI=1S/C12H20O/c13-12(9-8-10-6-7-10)11-4-2-1-3-5-11/h1-2,10-13H,3-9H2. The third-order valence-electron chi connectivity index (χ3n) is 3.42. The van der Waals surface area contributed by atoms with Crippen LogP contribution in [0.2, 0.25) is 0 Å². The lowest BCUT2D eigenvalue weighted by atomic mass is 9.87. The molecule has 74 valence electrons. The molecule has 0 bridgehead atoms. The molecule has 1 heteroatoms. The van der Waals surface area contributed by atoms with Crippen molar-refractivity contribution < 1.29 is 5.11 Å². The van der Waals surface area contributed by atoms with Crippen molar-refractivity contribution in [3.05, 3.63) is 12.2 Å². The Morgan fingerprint density at radius 3 is 2.69 bits per heavy atom. The topological polar surface area (TPSA) is 20.2 Å². The highest BCUT2D eigenvalue weighted by atomic mass is 16.3. The van der Waals surface area contributed by atoms with Gasteiger partial charge < -0.3 is 5.11 Å². The van der Waals surface area contributed by atoms with E-state index in [1.54, 1.807) is 0 Å². The van der Waals surface area contributed by atoms with Crippen molar-refractivity contribution in [2.75, 3.05) is 0 Å². The van der Waals surface area contributed by atoms with E-state index in [-0.39, 0.29) is 6.10 Å². The molecule has 2 rings (SSSR count). The normalized spacial score (nSPS) is 30.4. The molecule has 0 aromatic heterocycles. The summed E-state index contributed by atoms with van der Waals surface area (Å²) in [5.41, 5.74) is 0. The average Bonchev–Trinajstić information content (AvgIpc) is 2.99. The van der Waals surface area contributed by atoms with Gasteiger partial charge in [-0.1, -0.05) is 25.0 Å². The van der Waals surface area contributed by atoms with E-state index in [0.717, 1.165) is 18.8 Å². The van der Waals surface area contributed by atoms with Gasteiger partial charge in [-0.05, 0) is 43.9 Å². The van der Waals surface area contributed by atoms with Crippen LogP contribution in [0.15, 0.2) is 12.2 Å². The van der Waals surface area contributed by atoms with Crippen molar-refractivity contribution in [2.24, 2.45) is 11.8 Å². The van der Waals surface area contributed by atoms with Crippen LogP contribution < -0.4 is 0 Å². The average molecular weight is 180 g/mol. The Hall–Kier alpha value is -0.300. The Morgan fingerprint density at radius 1 is 1.23 bits per heavy atom. The monoisotopic (exact) mass is 180 g/mol. The fourth-order valence-electron chi connectivity index (χ4n) is 2.22. The van der Waals surface area contributed by atoms with E-state index in [0.29, 0.717) is 5.92 Å². The summed E-state index contributed by atoms with van der Waals surface area (Å²) in [6.07, 6.45) is 13.1. The van der Waals surface area contributed by atoms with Gasteiger partial charge in [-0.2, -0.15) is 0 Å². The van der Waals surface area contributed by atoms with E-state index in [2.05, 4.69) is 12.2 Å². The molecule has 2 unspecified atom stereocenters. The first-order valence-electron chi connectivity index (χ1n) is 5.69. The molecule has 0 aromatic rings. The number of hydrogen-bond donors (Lipinski definition) is 1. The fourth-order valence-corrected chi connectivity index (χ4v) is 2.22. The predicted molar refractivity (Wildman–Crippen MR) is 54.4 cm³/mol. The molecule has 1 N–H and O–H groups in total. The van der Waals surface area contributed by atoms with Crippen LogP contribution in [0, 0.1) is 11.8 Å². The van der Waals surface area contributed by atoms with Crippen molar-refractivity contribution in [3.8, 4) is 0 Å². The zero-order valence-electron chi connectivity index (χ0n) is 8.28. The minimum absolute atomic E-state index is 0.0226. The van der Waals surface area contributed by atoms with Crippen LogP contribution >= 0.6 is 0 Å². The molecule has 0 spiro atoms. The molecule has 0 saturated heterocycles. The van der Waals surface area contributed by atoms with Gasteiger partial charge in [0.2, 0.25) is 0 Å². The summed E-state index contributed by atoms with van der Waals surface area (Å²) in [6.45, 7) is 0. The lowest BCUT2D eigenvalue weighted by Crippen LogP contribution is -2.21. The Bertz CT molecular complexity index is 182. The molecule has 1 nitrogen and oxygen atoms in total. The predicted octanol–water partition coefficient (Wildman–Crippen LogP) is 2.89. The molecule has 0 aromatic carbocycles. The van der Waals surface area contributed by atoms with E-state index in [1.807, 2.05) is 0 Å². The quantitative estimate of drug-likeness (QED) is 0.659. The highest BCUT2D eigenvalue weighted by Crippen LogP contribution is 2.35. The van der Waals surface area contributed by atoms with Crippen molar-refractivity contribution >= 4 is 0 Å². The van der Waals surface area contributed by atoms with Crippen LogP contribution in [-0.4, -0.2) is 11.2 Å². The van der Waals surface area contributed by atoms with E-state index in [4.69, 9.17) is 0 Å². The van der Waals surface area contributed by atoms with Gasteiger partial charge in [-0.15, -0.1) is 0 Å². The van der Waals surface area contributed by atoms with E-state index in [9.17, 15) is 5.11 Å². The van der Waals surface area contributed by atoms with Gasteiger partial charge in [-0.3, -0.25) is 0 Å². The summed E-state index contributed by atoms with van der Waals surface area (Å²) in [4.78, 5) is 0. The highest BCUT2D eigenvalue weighted by molar-refractivity contribution is 4.92. The molecule has 0 heterocycles. The smallest absolute Gasteiger partial charge is 0.0571 e. The fraction of sp³-hybridized carbons (Fsp3) is 0.833. The Labute approximate surface area is 80.8 Å². The maximum Gasteiger partial charge on any atom is 0.0571 e. The zero-order valence-corrected chi connectivity index (χ0v) is 8.28. The Morgan fingerprint density at radius 2 is 2.08 bits per heavy atom. The Kier molecular flexibility index (Phi) is 3.05. The van der Waals surface area contributed by atoms with Crippen LogP contribution in [0.5, 0.6) is 0 Å². The summed E-state index contributed by atoms with van der Waals surface area (Å²) in [5.74, 6) is 1.53. The van der Waals surface area contributed by atoms with Crippen LogP contribution in [0.3, 0.4) is 0 Å². The van der Waals surface area contributed by atoms with Gasteiger partial charge >= 0.3 is 0 Å². The molecule has 1 fully saturated rings.